The molecule has 0 fully saturated rings. The Bertz CT molecular complexity index is 466. The van der Waals surface area contributed by atoms with Gasteiger partial charge in [0.05, 0.1) is 10.5 Å². The van der Waals surface area contributed by atoms with E-state index >= 15 is 0 Å². The lowest BCUT2D eigenvalue weighted by Gasteiger charge is -2.04. The second kappa shape index (κ2) is 4.35. The topological polar surface area (TPSA) is 93.3 Å². The summed E-state index contributed by atoms with van der Waals surface area (Å²) in [6.45, 7) is 0. The molecule has 9 heteroatoms. The molecule has 0 amide bonds. The van der Waals surface area contributed by atoms with Gasteiger partial charge in [0.15, 0.2) is 0 Å². The molecule has 0 bridgehead atoms. The Morgan fingerprint density at radius 2 is 2.19 bits per heavy atom. The Balaban J connectivity index is 3.54. The monoisotopic (exact) mass is 252 g/mol. The van der Waals surface area contributed by atoms with Gasteiger partial charge in [-0.2, -0.15) is 0 Å². The Morgan fingerprint density at radius 3 is 2.56 bits per heavy atom. The summed E-state index contributed by atoms with van der Waals surface area (Å²) in [6.07, 6.45) is -2.56. The Hall–Kier alpha value is -1.83. The zero-order valence-corrected chi connectivity index (χ0v) is 8.11. The van der Waals surface area contributed by atoms with Crippen molar-refractivity contribution in [2.75, 3.05) is 0 Å². The molecule has 0 aromatic carbocycles. The van der Waals surface area contributed by atoms with Crippen molar-refractivity contribution in [3.05, 3.63) is 32.6 Å². The molecule has 0 spiro atoms. The Kier molecular flexibility index (Phi) is 3.33. The van der Waals surface area contributed by atoms with E-state index in [1.54, 1.807) is 0 Å². The number of hydrogen-bond acceptors (Lipinski definition) is 4. The average Bonchev–Trinajstić information content (AvgIpc) is 2.15. The van der Waals surface area contributed by atoms with Gasteiger partial charge in [-0.1, -0.05) is 11.6 Å². The summed E-state index contributed by atoms with van der Waals surface area (Å²) < 4.78 is 24.6. The van der Waals surface area contributed by atoms with Crippen molar-refractivity contribution in [3.8, 4) is 0 Å². The van der Waals surface area contributed by atoms with Gasteiger partial charge in [0.2, 0.25) is 5.69 Å². The van der Waals surface area contributed by atoms with Crippen molar-refractivity contribution in [1.82, 2.24) is 4.98 Å². The maximum atomic E-state index is 12.3. The SMILES string of the molecule is O=C(O)c1ncc(C(F)F)c(Cl)c1[N+](=O)[O-]. The third-order valence-electron chi connectivity index (χ3n) is 1.64. The van der Waals surface area contributed by atoms with Crippen LogP contribution in [0.4, 0.5) is 14.5 Å². The van der Waals surface area contributed by atoms with Gasteiger partial charge in [-0.3, -0.25) is 10.1 Å². The molecule has 0 saturated carbocycles. The highest BCUT2D eigenvalue weighted by Gasteiger charge is 2.30. The Morgan fingerprint density at radius 1 is 1.62 bits per heavy atom. The summed E-state index contributed by atoms with van der Waals surface area (Å²) in [6, 6.07) is 0. The highest BCUT2D eigenvalue weighted by atomic mass is 35.5. The van der Waals surface area contributed by atoms with Gasteiger partial charge in [0.25, 0.3) is 6.43 Å². The highest BCUT2D eigenvalue weighted by Crippen LogP contribution is 2.35. The first-order valence-electron chi connectivity index (χ1n) is 3.70. The number of pyridine rings is 1. The molecule has 1 heterocycles. The fourth-order valence-corrected chi connectivity index (χ4v) is 1.26. The lowest BCUT2D eigenvalue weighted by Crippen LogP contribution is -2.08. The predicted octanol–water partition coefficient (Wildman–Crippen LogP) is 2.28. The Labute approximate surface area is 91.6 Å². The number of nitro groups is 1. The van der Waals surface area contributed by atoms with Crippen molar-refractivity contribution < 1.29 is 23.6 Å². The normalized spacial score (nSPS) is 10.5. The van der Waals surface area contributed by atoms with Gasteiger partial charge in [0.1, 0.15) is 5.02 Å². The first-order chi connectivity index (χ1) is 7.36. The van der Waals surface area contributed by atoms with Crippen molar-refractivity contribution in [3.63, 3.8) is 0 Å². The third-order valence-corrected chi connectivity index (χ3v) is 2.04. The predicted molar refractivity (Wildman–Crippen MR) is 47.8 cm³/mol. The van der Waals surface area contributed by atoms with Crippen LogP contribution in [-0.4, -0.2) is 21.0 Å². The number of halogens is 3. The van der Waals surface area contributed by atoms with E-state index in [2.05, 4.69) is 4.98 Å². The van der Waals surface area contributed by atoms with E-state index < -0.39 is 39.3 Å². The first kappa shape index (κ1) is 12.2. The maximum Gasteiger partial charge on any atom is 0.361 e. The van der Waals surface area contributed by atoms with Gasteiger partial charge in [-0.25, -0.2) is 18.6 Å². The fraction of sp³-hybridized carbons (Fsp3) is 0.143. The van der Waals surface area contributed by atoms with E-state index in [9.17, 15) is 23.7 Å². The standard InChI is InChI=1S/C7H3ClF2N2O4/c8-3-2(6(9)10)1-11-4(7(13)14)5(3)12(15)16/h1,6H,(H,13,14). The van der Waals surface area contributed by atoms with Crippen LogP contribution in [-0.2, 0) is 0 Å². The van der Waals surface area contributed by atoms with Crippen LogP contribution in [0, 0.1) is 10.1 Å². The smallest absolute Gasteiger partial charge is 0.361 e. The van der Waals surface area contributed by atoms with Gasteiger partial charge < -0.3 is 5.11 Å². The number of nitrogens with zero attached hydrogens (tertiary/aromatic N) is 2. The second-order valence-electron chi connectivity index (χ2n) is 2.59. The first-order valence-corrected chi connectivity index (χ1v) is 4.08. The molecule has 0 radical (unpaired) electrons. The molecule has 0 aliphatic carbocycles. The summed E-state index contributed by atoms with van der Waals surface area (Å²) in [5.41, 5.74) is -2.98. The molecule has 0 unspecified atom stereocenters. The van der Waals surface area contributed by atoms with Crippen LogP contribution in [0.25, 0.3) is 0 Å². The zero-order chi connectivity index (χ0) is 12.5. The molecule has 1 aromatic rings. The van der Waals surface area contributed by atoms with Crippen molar-refractivity contribution in [2.45, 2.75) is 6.43 Å². The molecule has 0 saturated heterocycles. The number of hydrogen-bond donors (Lipinski definition) is 1. The van der Waals surface area contributed by atoms with Gasteiger partial charge in [-0.05, 0) is 0 Å². The van der Waals surface area contributed by atoms with E-state index in [0.717, 1.165) is 0 Å². The van der Waals surface area contributed by atoms with Gasteiger partial charge >= 0.3 is 11.7 Å². The molecular weight excluding hydrogens is 250 g/mol. The zero-order valence-electron chi connectivity index (χ0n) is 7.35. The largest absolute Gasteiger partial charge is 0.476 e. The molecule has 16 heavy (non-hydrogen) atoms. The minimum atomic E-state index is -3.07. The number of aromatic carboxylic acids is 1. The second-order valence-corrected chi connectivity index (χ2v) is 2.97. The lowest BCUT2D eigenvalue weighted by molar-refractivity contribution is -0.385. The van der Waals surface area contributed by atoms with Crippen molar-refractivity contribution in [2.24, 2.45) is 0 Å². The minimum absolute atomic E-state index is 0.503. The van der Waals surface area contributed by atoms with Crippen LogP contribution in [0.15, 0.2) is 6.20 Å². The van der Waals surface area contributed by atoms with Crippen LogP contribution in [0.3, 0.4) is 0 Å². The molecule has 6 nitrogen and oxygen atoms in total. The van der Waals surface area contributed by atoms with Crippen LogP contribution in [0.1, 0.15) is 22.5 Å². The van der Waals surface area contributed by atoms with Gasteiger partial charge in [0, 0.05) is 6.20 Å². The third kappa shape index (κ3) is 2.06. The maximum absolute atomic E-state index is 12.3. The molecule has 0 aliphatic heterocycles. The molecular formula is C7H3ClF2N2O4. The van der Waals surface area contributed by atoms with E-state index in [0.29, 0.717) is 6.20 Å². The average molecular weight is 253 g/mol. The minimum Gasteiger partial charge on any atom is -0.476 e. The molecule has 1 aromatic heterocycles. The summed E-state index contributed by atoms with van der Waals surface area (Å²) in [7, 11) is 0. The molecule has 0 aliphatic rings. The quantitative estimate of drug-likeness (QED) is 0.658. The fourth-order valence-electron chi connectivity index (χ4n) is 0.968. The molecule has 1 N–H and O–H groups in total. The van der Waals surface area contributed by atoms with E-state index in [1.165, 1.54) is 0 Å². The van der Waals surface area contributed by atoms with E-state index in [4.69, 9.17) is 16.7 Å². The number of alkyl halides is 2. The lowest BCUT2D eigenvalue weighted by atomic mass is 10.2. The number of carboxylic acid groups (broad SMARTS) is 1. The molecule has 1 rings (SSSR count). The van der Waals surface area contributed by atoms with Crippen molar-refractivity contribution >= 4 is 23.3 Å². The number of rotatable bonds is 3. The summed E-state index contributed by atoms with van der Waals surface area (Å²) in [4.78, 5) is 23.0. The summed E-state index contributed by atoms with van der Waals surface area (Å²) in [5.74, 6) is -1.71. The van der Waals surface area contributed by atoms with Crippen LogP contribution in [0.2, 0.25) is 5.02 Å². The molecule has 0 atom stereocenters. The van der Waals surface area contributed by atoms with Crippen LogP contribution >= 0.6 is 11.6 Å². The van der Waals surface area contributed by atoms with Crippen molar-refractivity contribution in [1.29, 1.82) is 0 Å². The van der Waals surface area contributed by atoms with Crippen LogP contribution < -0.4 is 0 Å². The number of aromatic nitrogens is 1. The highest BCUT2D eigenvalue weighted by molar-refractivity contribution is 6.34. The summed E-state index contributed by atoms with van der Waals surface area (Å²) in [5, 5.41) is 18.1. The van der Waals surface area contributed by atoms with E-state index in [1.807, 2.05) is 0 Å². The van der Waals surface area contributed by atoms with E-state index in [-0.39, 0.29) is 0 Å². The van der Waals surface area contributed by atoms with Gasteiger partial charge in [-0.15, -0.1) is 0 Å². The van der Waals surface area contributed by atoms with Crippen LogP contribution in [0.5, 0.6) is 0 Å². The number of carbonyl (C=O) groups is 1. The summed E-state index contributed by atoms with van der Waals surface area (Å²) >= 11 is 5.32. The number of carboxylic acids is 1. The molecule has 86 valence electrons.